The summed E-state index contributed by atoms with van der Waals surface area (Å²) in [5, 5.41) is 8.82. The number of ether oxygens (including phenoxy) is 1. The zero-order chi connectivity index (χ0) is 15.5. The second-order valence-electron chi connectivity index (χ2n) is 5.03. The van der Waals surface area contributed by atoms with Crippen molar-refractivity contribution in [1.29, 1.82) is 0 Å². The van der Waals surface area contributed by atoms with Crippen molar-refractivity contribution in [2.45, 2.75) is 19.9 Å². The topological polar surface area (TPSA) is 48.9 Å². The molecule has 7 heteroatoms. The predicted octanol–water partition coefficient (Wildman–Crippen LogP) is 2.31. The van der Waals surface area contributed by atoms with Crippen molar-refractivity contribution < 1.29 is 4.74 Å². The molecular formula is C15H29IN4OS. The Bertz CT molecular complexity index is 425. The summed E-state index contributed by atoms with van der Waals surface area (Å²) in [6, 6.07) is 2.15. The maximum absolute atomic E-state index is 5.07. The van der Waals surface area contributed by atoms with E-state index in [-0.39, 0.29) is 24.0 Å². The molecule has 0 spiro atoms. The Balaban J connectivity index is 0.00000441. The van der Waals surface area contributed by atoms with Crippen LogP contribution in [0.15, 0.2) is 16.4 Å². The quantitative estimate of drug-likeness (QED) is 0.268. The van der Waals surface area contributed by atoms with E-state index in [2.05, 4.69) is 45.9 Å². The summed E-state index contributed by atoms with van der Waals surface area (Å²) in [5.41, 5.74) is 1.34. The number of methoxy groups -OCH3 is 1. The van der Waals surface area contributed by atoms with Gasteiger partial charge in [-0.1, -0.05) is 0 Å². The van der Waals surface area contributed by atoms with Gasteiger partial charge in [-0.05, 0) is 43.9 Å². The lowest BCUT2D eigenvalue weighted by molar-refractivity contribution is 0.161. The molecule has 0 atom stereocenters. The number of aryl methyl sites for hydroxylation is 1. The van der Waals surface area contributed by atoms with Crippen molar-refractivity contribution in [3.05, 3.63) is 21.9 Å². The molecule has 0 radical (unpaired) electrons. The number of hydrogen-bond acceptors (Lipinski definition) is 4. The van der Waals surface area contributed by atoms with Gasteiger partial charge in [0.1, 0.15) is 0 Å². The first-order valence-electron chi connectivity index (χ1n) is 7.32. The number of halogens is 1. The highest BCUT2D eigenvalue weighted by atomic mass is 127. The van der Waals surface area contributed by atoms with Gasteiger partial charge in [-0.15, -0.1) is 35.3 Å². The summed E-state index contributed by atoms with van der Waals surface area (Å²) < 4.78 is 5.07. The minimum absolute atomic E-state index is 0. The lowest BCUT2D eigenvalue weighted by atomic mass is 10.3. The van der Waals surface area contributed by atoms with Crippen molar-refractivity contribution in [1.82, 2.24) is 15.5 Å². The van der Waals surface area contributed by atoms with Crippen LogP contribution in [-0.4, -0.2) is 58.3 Å². The monoisotopic (exact) mass is 440 g/mol. The second-order valence-corrected chi connectivity index (χ2v) is 6.03. The van der Waals surface area contributed by atoms with E-state index in [1.807, 2.05) is 0 Å². The van der Waals surface area contributed by atoms with Crippen molar-refractivity contribution in [2.24, 2.45) is 4.99 Å². The third-order valence-electron chi connectivity index (χ3n) is 3.29. The summed E-state index contributed by atoms with van der Waals surface area (Å²) in [4.78, 5) is 7.88. The van der Waals surface area contributed by atoms with E-state index in [0.717, 1.165) is 45.2 Å². The summed E-state index contributed by atoms with van der Waals surface area (Å²) in [5.74, 6) is 0.863. The van der Waals surface area contributed by atoms with Gasteiger partial charge in [0, 0.05) is 32.1 Å². The Morgan fingerprint density at radius 2 is 2.14 bits per heavy atom. The third kappa shape index (κ3) is 8.92. The fourth-order valence-electron chi connectivity index (χ4n) is 1.88. The first-order valence-corrected chi connectivity index (χ1v) is 8.20. The Morgan fingerprint density at radius 3 is 2.73 bits per heavy atom. The van der Waals surface area contributed by atoms with Crippen molar-refractivity contribution >= 4 is 41.3 Å². The average molecular weight is 440 g/mol. The fraction of sp³-hybridized carbons (Fsp3) is 0.667. The van der Waals surface area contributed by atoms with E-state index < -0.39 is 0 Å². The largest absolute Gasteiger partial charge is 0.383 e. The van der Waals surface area contributed by atoms with Crippen LogP contribution in [-0.2, 0) is 11.3 Å². The number of nitrogens with zero attached hydrogens (tertiary/aromatic N) is 2. The van der Waals surface area contributed by atoms with Crippen LogP contribution in [0.5, 0.6) is 0 Å². The molecule has 0 saturated heterocycles. The molecule has 0 fully saturated rings. The number of aliphatic imine (C=N–C) groups is 1. The molecule has 0 unspecified atom stereocenters. The molecule has 128 valence electrons. The summed E-state index contributed by atoms with van der Waals surface area (Å²) in [6.07, 6.45) is 1.08. The van der Waals surface area contributed by atoms with Gasteiger partial charge in [-0.2, -0.15) is 0 Å². The van der Waals surface area contributed by atoms with E-state index in [4.69, 9.17) is 4.74 Å². The molecule has 0 saturated carbocycles. The van der Waals surface area contributed by atoms with Crippen LogP contribution in [0, 0.1) is 6.92 Å². The smallest absolute Gasteiger partial charge is 0.191 e. The van der Waals surface area contributed by atoms with Crippen LogP contribution in [0.1, 0.15) is 16.9 Å². The van der Waals surface area contributed by atoms with Crippen molar-refractivity contribution in [3.8, 4) is 0 Å². The van der Waals surface area contributed by atoms with Crippen LogP contribution in [0.3, 0.4) is 0 Å². The third-order valence-corrected chi connectivity index (χ3v) is 4.32. The molecule has 2 N–H and O–H groups in total. The number of thiophene rings is 1. The molecule has 0 aliphatic carbocycles. The zero-order valence-corrected chi connectivity index (χ0v) is 17.2. The molecular weight excluding hydrogens is 411 g/mol. The molecule has 1 aromatic heterocycles. The number of rotatable bonds is 9. The van der Waals surface area contributed by atoms with Crippen LogP contribution in [0.25, 0.3) is 0 Å². The van der Waals surface area contributed by atoms with Gasteiger partial charge in [-0.25, -0.2) is 0 Å². The highest BCUT2D eigenvalue weighted by molar-refractivity contribution is 14.0. The Kier molecular flexibility index (Phi) is 12.9. The Labute approximate surface area is 155 Å². The van der Waals surface area contributed by atoms with E-state index >= 15 is 0 Å². The highest BCUT2D eigenvalue weighted by Gasteiger charge is 2.02. The predicted molar refractivity (Wildman–Crippen MR) is 107 cm³/mol. The first kappa shape index (κ1) is 21.6. The van der Waals surface area contributed by atoms with Crippen LogP contribution >= 0.6 is 35.3 Å². The molecule has 0 aromatic carbocycles. The molecule has 5 nitrogen and oxygen atoms in total. The van der Waals surface area contributed by atoms with Crippen LogP contribution < -0.4 is 10.6 Å². The van der Waals surface area contributed by atoms with Gasteiger partial charge in [0.25, 0.3) is 0 Å². The average Bonchev–Trinajstić information content (AvgIpc) is 2.89. The van der Waals surface area contributed by atoms with E-state index in [1.54, 1.807) is 25.5 Å². The number of guanidine groups is 1. The molecule has 0 amide bonds. The first-order chi connectivity index (χ1) is 10.2. The van der Waals surface area contributed by atoms with Gasteiger partial charge >= 0.3 is 0 Å². The zero-order valence-electron chi connectivity index (χ0n) is 14.0. The maximum atomic E-state index is 5.07. The van der Waals surface area contributed by atoms with E-state index in [9.17, 15) is 0 Å². The lowest BCUT2D eigenvalue weighted by Gasteiger charge is -2.17. The van der Waals surface area contributed by atoms with Gasteiger partial charge < -0.3 is 20.3 Å². The van der Waals surface area contributed by atoms with Crippen molar-refractivity contribution in [2.75, 3.05) is 47.4 Å². The normalized spacial score (nSPS) is 11.4. The van der Waals surface area contributed by atoms with Gasteiger partial charge in [0.2, 0.25) is 0 Å². The summed E-state index contributed by atoms with van der Waals surface area (Å²) in [7, 11) is 5.66. The number of likely N-dealkylation sites (N-methyl/N-ethyl adjacent to an activating group) is 1. The molecule has 0 aliphatic rings. The Morgan fingerprint density at radius 1 is 1.36 bits per heavy atom. The highest BCUT2D eigenvalue weighted by Crippen LogP contribution is 2.14. The molecule has 0 aliphatic heterocycles. The number of nitrogens with one attached hydrogen (secondary N) is 2. The fourth-order valence-corrected chi connectivity index (χ4v) is 2.73. The SMILES string of the molecule is CN=C(NCCCN(C)CCOC)NCc1sccc1C.I. The Hall–Kier alpha value is -0.380. The van der Waals surface area contributed by atoms with Crippen molar-refractivity contribution in [3.63, 3.8) is 0 Å². The van der Waals surface area contributed by atoms with Crippen LogP contribution in [0.4, 0.5) is 0 Å². The minimum atomic E-state index is 0. The molecule has 1 aromatic rings. The molecule has 1 heterocycles. The minimum Gasteiger partial charge on any atom is -0.383 e. The standard InChI is InChI=1S/C15H28N4OS.HI/c1-13-6-11-21-14(13)12-18-15(16-2)17-7-5-8-19(3)9-10-20-4;/h6,11H,5,7-10,12H2,1-4H3,(H2,16,17,18);1H. The molecule has 22 heavy (non-hydrogen) atoms. The maximum Gasteiger partial charge on any atom is 0.191 e. The molecule has 0 bridgehead atoms. The second kappa shape index (κ2) is 13.1. The molecule has 1 rings (SSSR count). The van der Waals surface area contributed by atoms with E-state index in [1.165, 1.54) is 10.4 Å². The van der Waals surface area contributed by atoms with Gasteiger partial charge in [0.05, 0.1) is 13.2 Å². The van der Waals surface area contributed by atoms with Gasteiger partial charge in [-0.3, -0.25) is 4.99 Å². The van der Waals surface area contributed by atoms with Crippen LogP contribution in [0.2, 0.25) is 0 Å². The number of hydrogen-bond donors (Lipinski definition) is 2. The summed E-state index contributed by atoms with van der Waals surface area (Å²) >= 11 is 1.78. The summed E-state index contributed by atoms with van der Waals surface area (Å²) in [6.45, 7) is 6.70. The van der Waals surface area contributed by atoms with E-state index in [0.29, 0.717) is 0 Å². The van der Waals surface area contributed by atoms with Gasteiger partial charge in [0.15, 0.2) is 5.96 Å². The lowest BCUT2D eigenvalue weighted by Crippen LogP contribution is -2.38.